The Morgan fingerprint density at radius 3 is 2.61 bits per heavy atom. The van der Waals surface area contributed by atoms with E-state index in [-0.39, 0.29) is 0 Å². The summed E-state index contributed by atoms with van der Waals surface area (Å²) in [6, 6.07) is 5.44. The SMILES string of the molecule is CCCCCCCCCOc1cc(C#N)ccn1. The number of aromatic nitrogens is 1. The van der Waals surface area contributed by atoms with Crippen LogP contribution in [0.1, 0.15) is 57.4 Å². The minimum Gasteiger partial charge on any atom is -0.478 e. The summed E-state index contributed by atoms with van der Waals surface area (Å²) in [5.74, 6) is 0.556. The van der Waals surface area contributed by atoms with E-state index in [1.807, 2.05) is 0 Å². The molecular weight excluding hydrogens is 224 g/mol. The van der Waals surface area contributed by atoms with Gasteiger partial charge in [0.25, 0.3) is 0 Å². The zero-order valence-corrected chi connectivity index (χ0v) is 11.2. The fraction of sp³-hybridized carbons (Fsp3) is 0.600. The predicted molar refractivity (Wildman–Crippen MR) is 72.4 cm³/mol. The van der Waals surface area contributed by atoms with Crippen LogP contribution in [0.15, 0.2) is 18.3 Å². The number of rotatable bonds is 9. The van der Waals surface area contributed by atoms with Gasteiger partial charge in [-0.15, -0.1) is 0 Å². The van der Waals surface area contributed by atoms with Gasteiger partial charge >= 0.3 is 0 Å². The molecule has 0 radical (unpaired) electrons. The largest absolute Gasteiger partial charge is 0.478 e. The van der Waals surface area contributed by atoms with Gasteiger partial charge in [-0.3, -0.25) is 0 Å². The van der Waals surface area contributed by atoms with Crippen LogP contribution in [-0.2, 0) is 0 Å². The van der Waals surface area contributed by atoms with Gasteiger partial charge in [-0.1, -0.05) is 45.4 Å². The van der Waals surface area contributed by atoms with Crippen LogP contribution in [0, 0.1) is 11.3 Å². The van der Waals surface area contributed by atoms with Gasteiger partial charge in [0.2, 0.25) is 5.88 Å². The molecule has 1 rings (SSSR count). The zero-order valence-electron chi connectivity index (χ0n) is 11.2. The molecule has 0 N–H and O–H groups in total. The Hall–Kier alpha value is -1.56. The van der Waals surface area contributed by atoms with Crippen LogP contribution in [0.25, 0.3) is 0 Å². The Morgan fingerprint density at radius 1 is 1.17 bits per heavy atom. The number of nitrogens with zero attached hydrogens (tertiary/aromatic N) is 2. The number of hydrogen-bond acceptors (Lipinski definition) is 3. The summed E-state index contributed by atoms with van der Waals surface area (Å²) < 4.78 is 5.51. The molecule has 0 atom stereocenters. The van der Waals surface area contributed by atoms with Crippen LogP contribution in [0.4, 0.5) is 0 Å². The van der Waals surface area contributed by atoms with Crippen molar-refractivity contribution in [2.45, 2.75) is 51.9 Å². The molecule has 3 nitrogen and oxygen atoms in total. The second-order valence-electron chi connectivity index (χ2n) is 4.46. The molecule has 1 heterocycles. The topological polar surface area (TPSA) is 45.9 Å². The quantitative estimate of drug-likeness (QED) is 0.617. The number of ether oxygens (including phenoxy) is 1. The first kappa shape index (κ1) is 14.5. The minimum absolute atomic E-state index is 0.556. The number of nitriles is 1. The van der Waals surface area contributed by atoms with Gasteiger partial charge in [-0.2, -0.15) is 5.26 Å². The first-order valence-electron chi connectivity index (χ1n) is 6.85. The molecule has 0 unspecified atom stereocenters. The Bertz CT molecular complexity index is 371. The molecule has 0 amide bonds. The molecule has 0 saturated carbocycles. The van der Waals surface area contributed by atoms with Gasteiger partial charge < -0.3 is 4.74 Å². The fourth-order valence-corrected chi connectivity index (χ4v) is 1.79. The van der Waals surface area contributed by atoms with Crippen molar-refractivity contribution in [3.05, 3.63) is 23.9 Å². The van der Waals surface area contributed by atoms with E-state index in [1.54, 1.807) is 18.3 Å². The number of hydrogen-bond donors (Lipinski definition) is 0. The Labute approximate surface area is 110 Å². The van der Waals surface area contributed by atoms with Crippen molar-refractivity contribution < 1.29 is 4.74 Å². The van der Waals surface area contributed by atoms with E-state index >= 15 is 0 Å². The molecule has 0 aliphatic rings. The van der Waals surface area contributed by atoms with Crippen LogP contribution < -0.4 is 4.74 Å². The van der Waals surface area contributed by atoms with Crippen molar-refractivity contribution in [1.29, 1.82) is 5.26 Å². The summed E-state index contributed by atoms with van der Waals surface area (Å²) >= 11 is 0. The molecule has 98 valence electrons. The number of unbranched alkanes of at least 4 members (excludes halogenated alkanes) is 6. The molecule has 0 aromatic carbocycles. The Kier molecular flexibility index (Phi) is 7.63. The van der Waals surface area contributed by atoms with Crippen molar-refractivity contribution in [3.8, 4) is 11.9 Å². The maximum absolute atomic E-state index is 8.74. The highest BCUT2D eigenvalue weighted by Crippen LogP contribution is 2.10. The summed E-state index contributed by atoms with van der Waals surface area (Å²) in [6.45, 7) is 2.92. The van der Waals surface area contributed by atoms with Crippen molar-refractivity contribution >= 4 is 0 Å². The van der Waals surface area contributed by atoms with Crippen LogP contribution in [0.5, 0.6) is 5.88 Å². The summed E-state index contributed by atoms with van der Waals surface area (Å²) in [5, 5.41) is 8.74. The normalized spacial score (nSPS) is 10.0. The molecule has 18 heavy (non-hydrogen) atoms. The standard InChI is InChI=1S/C15H22N2O/c1-2-3-4-5-6-7-8-11-18-15-12-14(13-16)9-10-17-15/h9-10,12H,2-8,11H2,1H3. The maximum atomic E-state index is 8.74. The second kappa shape index (κ2) is 9.47. The van der Waals surface area contributed by atoms with Crippen LogP contribution >= 0.6 is 0 Å². The van der Waals surface area contributed by atoms with Crippen LogP contribution in [-0.4, -0.2) is 11.6 Å². The molecule has 1 aromatic heterocycles. The monoisotopic (exact) mass is 246 g/mol. The van der Waals surface area contributed by atoms with E-state index in [1.165, 1.54) is 38.5 Å². The first-order chi connectivity index (χ1) is 8.86. The van der Waals surface area contributed by atoms with E-state index in [0.717, 1.165) is 6.42 Å². The molecule has 1 aromatic rings. The van der Waals surface area contributed by atoms with Crippen LogP contribution in [0.3, 0.4) is 0 Å². The van der Waals surface area contributed by atoms with Crippen molar-refractivity contribution in [3.63, 3.8) is 0 Å². The molecule has 0 saturated heterocycles. The second-order valence-corrected chi connectivity index (χ2v) is 4.46. The van der Waals surface area contributed by atoms with Crippen molar-refractivity contribution in [2.24, 2.45) is 0 Å². The summed E-state index contributed by atoms with van der Waals surface area (Å²) in [5.41, 5.74) is 0.597. The van der Waals surface area contributed by atoms with Crippen molar-refractivity contribution in [2.75, 3.05) is 6.61 Å². The maximum Gasteiger partial charge on any atom is 0.214 e. The van der Waals surface area contributed by atoms with Crippen molar-refractivity contribution in [1.82, 2.24) is 4.98 Å². The van der Waals surface area contributed by atoms with Gasteiger partial charge in [-0.05, 0) is 12.5 Å². The number of pyridine rings is 1. The zero-order chi connectivity index (χ0) is 13.1. The Balaban J connectivity index is 2.05. The molecule has 0 bridgehead atoms. The Morgan fingerprint density at radius 2 is 1.89 bits per heavy atom. The molecular formula is C15H22N2O. The molecule has 0 spiro atoms. The third-order valence-corrected chi connectivity index (χ3v) is 2.86. The van der Waals surface area contributed by atoms with Gasteiger partial charge in [-0.25, -0.2) is 4.98 Å². The lowest BCUT2D eigenvalue weighted by Crippen LogP contribution is -1.99. The van der Waals surface area contributed by atoms with E-state index in [9.17, 15) is 0 Å². The molecule has 0 aliphatic heterocycles. The lowest BCUT2D eigenvalue weighted by molar-refractivity contribution is 0.293. The third-order valence-electron chi connectivity index (χ3n) is 2.86. The average molecular weight is 246 g/mol. The predicted octanol–water partition coefficient (Wildman–Crippen LogP) is 4.08. The lowest BCUT2D eigenvalue weighted by Gasteiger charge is -2.05. The van der Waals surface area contributed by atoms with E-state index in [0.29, 0.717) is 18.1 Å². The molecule has 0 fully saturated rings. The highest BCUT2D eigenvalue weighted by Gasteiger charge is 1.97. The smallest absolute Gasteiger partial charge is 0.214 e. The first-order valence-corrected chi connectivity index (χ1v) is 6.85. The molecule has 0 aliphatic carbocycles. The van der Waals surface area contributed by atoms with Gasteiger partial charge in [0.15, 0.2) is 0 Å². The highest BCUT2D eigenvalue weighted by atomic mass is 16.5. The summed E-state index contributed by atoms with van der Waals surface area (Å²) in [4.78, 5) is 4.07. The van der Waals surface area contributed by atoms with E-state index in [4.69, 9.17) is 10.00 Å². The summed E-state index contributed by atoms with van der Waals surface area (Å²) in [6.07, 6.45) is 10.5. The van der Waals surface area contributed by atoms with E-state index < -0.39 is 0 Å². The average Bonchev–Trinajstić information content (AvgIpc) is 2.42. The van der Waals surface area contributed by atoms with Crippen LogP contribution in [0.2, 0.25) is 0 Å². The lowest BCUT2D eigenvalue weighted by atomic mass is 10.1. The third kappa shape index (κ3) is 6.24. The highest BCUT2D eigenvalue weighted by molar-refractivity contribution is 5.31. The van der Waals surface area contributed by atoms with Gasteiger partial charge in [0.1, 0.15) is 0 Å². The van der Waals surface area contributed by atoms with Gasteiger partial charge in [0.05, 0.1) is 18.2 Å². The minimum atomic E-state index is 0.556. The van der Waals surface area contributed by atoms with E-state index in [2.05, 4.69) is 18.0 Å². The van der Waals surface area contributed by atoms with Gasteiger partial charge in [0, 0.05) is 12.3 Å². The fourth-order valence-electron chi connectivity index (χ4n) is 1.79. The summed E-state index contributed by atoms with van der Waals surface area (Å²) in [7, 11) is 0. The molecule has 3 heteroatoms.